The number of benzene rings is 1. The summed E-state index contributed by atoms with van der Waals surface area (Å²) in [7, 11) is 0. The van der Waals surface area contributed by atoms with Gasteiger partial charge in [0.1, 0.15) is 18.0 Å². The number of nitro benzene ring substituents is 1. The van der Waals surface area contributed by atoms with Crippen LogP contribution in [0.1, 0.15) is 13.8 Å². The van der Waals surface area contributed by atoms with E-state index in [4.69, 9.17) is 10.5 Å². The zero-order valence-electron chi connectivity index (χ0n) is 11.2. The number of rotatable bonds is 7. The molecule has 110 valence electrons. The maximum Gasteiger partial charge on any atom is 0.311 e. The summed E-state index contributed by atoms with van der Waals surface area (Å²) in [5.74, 6) is -1.59. The minimum Gasteiger partial charge on any atom is -0.484 e. The van der Waals surface area contributed by atoms with Crippen LogP contribution in [0, 0.1) is 15.9 Å². The fraction of sp³-hybridized carbons (Fsp3) is 0.417. The Labute approximate surface area is 115 Å². The molecule has 0 aromatic heterocycles. The van der Waals surface area contributed by atoms with E-state index < -0.39 is 22.2 Å². The molecule has 0 fully saturated rings. The van der Waals surface area contributed by atoms with Gasteiger partial charge in [-0.3, -0.25) is 14.9 Å². The van der Waals surface area contributed by atoms with Gasteiger partial charge in [-0.05, 0) is 19.5 Å². The van der Waals surface area contributed by atoms with Gasteiger partial charge in [0.05, 0.1) is 4.92 Å². The largest absolute Gasteiger partial charge is 0.484 e. The lowest BCUT2D eigenvalue weighted by Crippen LogP contribution is -2.57. The Morgan fingerprint density at radius 3 is 2.75 bits per heavy atom. The van der Waals surface area contributed by atoms with Gasteiger partial charge in [-0.25, -0.2) is 4.39 Å². The molecule has 0 bridgehead atoms. The van der Waals surface area contributed by atoms with Gasteiger partial charge in [-0.1, -0.05) is 6.92 Å². The predicted octanol–water partition coefficient (Wildman–Crippen LogP) is 0.966. The molecule has 20 heavy (non-hydrogen) atoms. The Morgan fingerprint density at radius 2 is 2.25 bits per heavy atom. The molecule has 1 atom stereocenters. The number of nitrogens with zero attached hydrogens (tertiary/aromatic N) is 1. The second-order valence-corrected chi connectivity index (χ2v) is 4.38. The molecule has 7 nitrogen and oxygen atoms in total. The number of halogens is 1. The first-order valence-electron chi connectivity index (χ1n) is 5.92. The summed E-state index contributed by atoms with van der Waals surface area (Å²) in [5.41, 5.74) is 3.68. The van der Waals surface area contributed by atoms with E-state index in [1.807, 2.05) is 0 Å². The third-order valence-corrected chi connectivity index (χ3v) is 2.75. The lowest BCUT2D eigenvalue weighted by atomic mass is 10.0. The molecular formula is C12H16FN3O4. The van der Waals surface area contributed by atoms with E-state index in [0.29, 0.717) is 6.54 Å². The monoisotopic (exact) mass is 285 g/mol. The molecule has 0 saturated heterocycles. The number of ether oxygens (including phenoxy) is 1. The van der Waals surface area contributed by atoms with Gasteiger partial charge in [0, 0.05) is 12.1 Å². The van der Waals surface area contributed by atoms with Crippen molar-refractivity contribution >= 4 is 11.6 Å². The molecule has 1 aromatic rings. The van der Waals surface area contributed by atoms with Crippen LogP contribution in [0.25, 0.3) is 0 Å². The summed E-state index contributed by atoms with van der Waals surface area (Å²) in [4.78, 5) is 21.5. The smallest absolute Gasteiger partial charge is 0.311 e. The molecule has 0 radical (unpaired) electrons. The molecule has 1 rings (SSSR count). The Bertz CT molecular complexity index is 523. The highest BCUT2D eigenvalue weighted by molar-refractivity contribution is 5.84. The van der Waals surface area contributed by atoms with Gasteiger partial charge < -0.3 is 15.8 Å². The molecule has 1 amide bonds. The molecule has 1 aromatic carbocycles. The van der Waals surface area contributed by atoms with Crippen LogP contribution in [0.3, 0.4) is 0 Å². The van der Waals surface area contributed by atoms with E-state index in [1.165, 1.54) is 6.92 Å². The summed E-state index contributed by atoms with van der Waals surface area (Å²) in [6.45, 7) is 3.48. The first-order valence-corrected chi connectivity index (χ1v) is 5.92. The average molecular weight is 285 g/mol. The Hall–Kier alpha value is -2.22. The number of carbonyl (C=O) groups is 1. The second kappa shape index (κ2) is 6.29. The van der Waals surface area contributed by atoms with Crippen LogP contribution < -0.4 is 15.8 Å². The van der Waals surface area contributed by atoms with E-state index >= 15 is 0 Å². The molecule has 0 aliphatic heterocycles. The molecule has 1 unspecified atom stereocenters. The van der Waals surface area contributed by atoms with Gasteiger partial charge in [0.25, 0.3) is 0 Å². The highest BCUT2D eigenvalue weighted by Gasteiger charge is 2.32. The maximum absolute atomic E-state index is 13.1. The maximum atomic E-state index is 13.1. The SMILES string of the molecule is CCNC(C)(COc1cc(F)ccc1[N+](=O)[O-])C(N)=O. The molecule has 0 aliphatic carbocycles. The molecule has 0 aliphatic rings. The van der Waals surface area contributed by atoms with Crippen molar-refractivity contribution < 1.29 is 18.8 Å². The van der Waals surface area contributed by atoms with Crippen LogP contribution in [0.4, 0.5) is 10.1 Å². The lowest BCUT2D eigenvalue weighted by Gasteiger charge is -2.26. The zero-order valence-corrected chi connectivity index (χ0v) is 11.2. The zero-order chi connectivity index (χ0) is 15.3. The molecule has 8 heteroatoms. The third-order valence-electron chi connectivity index (χ3n) is 2.75. The quantitative estimate of drug-likeness (QED) is 0.573. The summed E-state index contributed by atoms with van der Waals surface area (Å²) < 4.78 is 18.3. The summed E-state index contributed by atoms with van der Waals surface area (Å²) in [6.07, 6.45) is 0. The molecule has 0 saturated carbocycles. The van der Waals surface area contributed by atoms with Gasteiger partial charge in [-0.15, -0.1) is 0 Å². The van der Waals surface area contributed by atoms with E-state index in [-0.39, 0.29) is 18.0 Å². The third kappa shape index (κ3) is 3.64. The molecule has 3 N–H and O–H groups in total. The van der Waals surface area contributed by atoms with Crippen molar-refractivity contribution in [3.05, 3.63) is 34.1 Å². The average Bonchev–Trinajstić information content (AvgIpc) is 2.36. The van der Waals surface area contributed by atoms with Crippen LogP contribution in [0.2, 0.25) is 0 Å². The number of likely N-dealkylation sites (N-methyl/N-ethyl adjacent to an activating group) is 1. The first kappa shape index (κ1) is 15.8. The van der Waals surface area contributed by atoms with Crippen molar-refractivity contribution in [2.75, 3.05) is 13.2 Å². The topological polar surface area (TPSA) is 107 Å². The number of hydrogen-bond donors (Lipinski definition) is 2. The fourth-order valence-electron chi connectivity index (χ4n) is 1.58. The van der Waals surface area contributed by atoms with E-state index in [0.717, 1.165) is 18.2 Å². The molecule has 0 heterocycles. The lowest BCUT2D eigenvalue weighted by molar-refractivity contribution is -0.386. The molecular weight excluding hydrogens is 269 g/mol. The van der Waals surface area contributed by atoms with Crippen molar-refractivity contribution in [1.29, 1.82) is 0 Å². The van der Waals surface area contributed by atoms with Crippen molar-refractivity contribution in [2.24, 2.45) is 5.73 Å². The van der Waals surface area contributed by atoms with E-state index in [1.54, 1.807) is 6.92 Å². The van der Waals surface area contributed by atoms with Crippen LogP contribution in [-0.2, 0) is 4.79 Å². The fourth-order valence-corrected chi connectivity index (χ4v) is 1.58. The highest BCUT2D eigenvalue weighted by atomic mass is 19.1. The number of carbonyl (C=O) groups excluding carboxylic acids is 1. The number of nitro groups is 1. The predicted molar refractivity (Wildman–Crippen MR) is 69.8 cm³/mol. The summed E-state index contributed by atoms with van der Waals surface area (Å²) in [5, 5.41) is 13.6. The normalized spacial score (nSPS) is 13.6. The number of nitrogens with one attached hydrogen (secondary N) is 1. The van der Waals surface area contributed by atoms with Gasteiger partial charge in [-0.2, -0.15) is 0 Å². The van der Waals surface area contributed by atoms with Crippen LogP contribution >= 0.6 is 0 Å². The summed E-state index contributed by atoms with van der Waals surface area (Å²) in [6, 6.07) is 2.85. The highest BCUT2D eigenvalue weighted by Crippen LogP contribution is 2.28. The number of hydrogen-bond acceptors (Lipinski definition) is 5. The van der Waals surface area contributed by atoms with Crippen molar-refractivity contribution in [1.82, 2.24) is 5.32 Å². The summed E-state index contributed by atoms with van der Waals surface area (Å²) >= 11 is 0. The Morgan fingerprint density at radius 1 is 1.60 bits per heavy atom. The van der Waals surface area contributed by atoms with Crippen LogP contribution in [0.15, 0.2) is 18.2 Å². The Balaban J connectivity index is 2.96. The van der Waals surface area contributed by atoms with E-state index in [9.17, 15) is 19.3 Å². The minimum absolute atomic E-state index is 0.250. The van der Waals surface area contributed by atoms with E-state index in [2.05, 4.69) is 5.32 Å². The van der Waals surface area contributed by atoms with Crippen LogP contribution in [0.5, 0.6) is 5.75 Å². The first-order chi connectivity index (χ1) is 9.30. The standard InChI is InChI=1S/C12H16FN3O4/c1-3-15-12(2,11(14)17)7-20-10-6-8(13)4-5-9(10)16(18)19/h4-6,15H,3,7H2,1-2H3,(H2,14,17). The van der Waals surface area contributed by atoms with Crippen LogP contribution in [-0.4, -0.2) is 29.5 Å². The minimum atomic E-state index is -1.20. The van der Waals surface area contributed by atoms with Gasteiger partial charge >= 0.3 is 5.69 Å². The second-order valence-electron chi connectivity index (χ2n) is 4.38. The number of amides is 1. The van der Waals surface area contributed by atoms with Gasteiger partial charge in [0.2, 0.25) is 5.91 Å². The number of nitrogens with two attached hydrogens (primary N) is 1. The Kier molecular flexibility index (Phi) is 4.98. The molecule has 0 spiro atoms. The van der Waals surface area contributed by atoms with Gasteiger partial charge in [0.15, 0.2) is 5.75 Å². The van der Waals surface area contributed by atoms with Crippen molar-refractivity contribution in [3.63, 3.8) is 0 Å². The van der Waals surface area contributed by atoms with Crippen molar-refractivity contribution in [2.45, 2.75) is 19.4 Å². The van der Waals surface area contributed by atoms with Crippen molar-refractivity contribution in [3.8, 4) is 5.75 Å². The number of primary amides is 1.